The van der Waals surface area contributed by atoms with E-state index in [2.05, 4.69) is 15.3 Å². The fourth-order valence-electron chi connectivity index (χ4n) is 3.58. The van der Waals surface area contributed by atoms with Gasteiger partial charge >= 0.3 is 0 Å². The number of benzene rings is 1. The molecule has 1 fully saturated rings. The van der Waals surface area contributed by atoms with Gasteiger partial charge in [-0.2, -0.15) is 4.31 Å². The molecule has 2 N–H and O–H groups in total. The first-order valence-corrected chi connectivity index (χ1v) is 11.2. The van der Waals surface area contributed by atoms with Crippen molar-refractivity contribution in [1.29, 1.82) is 0 Å². The quantitative estimate of drug-likeness (QED) is 0.636. The van der Waals surface area contributed by atoms with Crippen molar-refractivity contribution in [1.82, 2.24) is 14.3 Å². The first-order chi connectivity index (χ1) is 14.8. The molecule has 3 aromatic rings. The van der Waals surface area contributed by atoms with Gasteiger partial charge in [-0.25, -0.2) is 8.42 Å². The zero-order valence-electron chi connectivity index (χ0n) is 17.1. The number of nitrogens with one attached hydrogen (secondary N) is 2. The molecule has 0 unspecified atom stereocenters. The van der Waals surface area contributed by atoms with Gasteiger partial charge in [0.15, 0.2) is 0 Å². The number of rotatable bonds is 4. The standard InChI is InChI=1S/C21H22N4O5S/c1-13-5-6-22-14(2)20(13)24-21(27)17-12-19(26)23-18-4-3-15(11-16(17)18)31(28,29)25-7-9-30-10-8-25/h3-6,11-12H,7-10H2,1-2H3,(H,23,26)(H,24,27). The van der Waals surface area contributed by atoms with E-state index in [1.807, 2.05) is 6.92 Å². The van der Waals surface area contributed by atoms with Crippen molar-refractivity contribution < 1.29 is 17.9 Å². The van der Waals surface area contributed by atoms with Gasteiger partial charge in [-0.15, -0.1) is 0 Å². The molecule has 1 aromatic carbocycles. The SMILES string of the molecule is Cc1ccnc(C)c1NC(=O)c1cc(=O)[nH]c2ccc(S(=O)(=O)N3CCOCC3)cc12. The number of hydrogen-bond acceptors (Lipinski definition) is 6. The van der Waals surface area contributed by atoms with E-state index in [1.165, 1.54) is 28.6 Å². The van der Waals surface area contributed by atoms with Crippen molar-refractivity contribution in [3.05, 3.63) is 63.7 Å². The molecule has 31 heavy (non-hydrogen) atoms. The molecule has 1 aliphatic rings. The summed E-state index contributed by atoms with van der Waals surface area (Å²) in [6, 6.07) is 7.30. The monoisotopic (exact) mass is 442 g/mol. The second kappa shape index (κ2) is 8.22. The number of morpholine rings is 1. The van der Waals surface area contributed by atoms with Crippen LogP contribution in [0.15, 0.2) is 46.2 Å². The van der Waals surface area contributed by atoms with Gasteiger partial charge in [-0.05, 0) is 43.7 Å². The van der Waals surface area contributed by atoms with Crippen LogP contribution < -0.4 is 10.9 Å². The zero-order chi connectivity index (χ0) is 22.2. The highest BCUT2D eigenvalue weighted by atomic mass is 32.2. The van der Waals surface area contributed by atoms with Gasteiger partial charge in [0.05, 0.1) is 35.1 Å². The van der Waals surface area contributed by atoms with Crippen LogP contribution in [0.25, 0.3) is 10.9 Å². The molecular weight excluding hydrogens is 420 g/mol. The third kappa shape index (κ3) is 4.09. The molecule has 0 saturated carbocycles. The Morgan fingerprint density at radius 3 is 2.61 bits per heavy atom. The fraction of sp³-hybridized carbons (Fsp3) is 0.286. The third-order valence-corrected chi connectivity index (χ3v) is 7.15. The lowest BCUT2D eigenvalue weighted by molar-refractivity contribution is 0.0730. The van der Waals surface area contributed by atoms with E-state index in [9.17, 15) is 18.0 Å². The number of nitrogens with zero attached hydrogens (tertiary/aromatic N) is 2. The number of H-pyrrole nitrogens is 1. The molecule has 1 amide bonds. The van der Waals surface area contributed by atoms with Crippen molar-refractivity contribution in [3.63, 3.8) is 0 Å². The molecule has 4 rings (SSSR count). The van der Waals surface area contributed by atoms with Crippen molar-refractivity contribution in [3.8, 4) is 0 Å². The maximum atomic E-state index is 13.1. The molecule has 0 radical (unpaired) electrons. The Morgan fingerprint density at radius 1 is 1.16 bits per heavy atom. The second-order valence-electron chi connectivity index (χ2n) is 7.31. The number of pyridine rings is 2. The molecule has 9 nitrogen and oxygen atoms in total. The lowest BCUT2D eigenvalue weighted by Crippen LogP contribution is -2.40. The molecule has 1 aliphatic heterocycles. The van der Waals surface area contributed by atoms with Crippen LogP contribution in [0.5, 0.6) is 0 Å². The topological polar surface area (TPSA) is 121 Å². The maximum absolute atomic E-state index is 13.1. The molecule has 2 aromatic heterocycles. The number of aryl methyl sites for hydroxylation is 2. The summed E-state index contributed by atoms with van der Waals surface area (Å²) in [5, 5.41) is 3.14. The van der Waals surface area contributed by atoms with E-state index in [-0.39, 0.29) is 23.5 Å². The van der Waals surface area contributed by atoms with Crippen LogP contribution in [0.1, 0.15) is 21.6 Å². The van der Waals surface area contributed by atoms with E-state index >= 15 is 0 Å². The Labute approximate surface area is 179 Å². The number of aromatic amines is 1. The summed E-state index contributed by atoms with van der Waals surface area (Å²) in [6.45, 7) is 4.80. The van der Waals surface area contributed by atoms with E-state index in [4.69, 9.17) is 4.74 Å². The first kappa shape index (κ1) is 21.2. The van der Waals surface area contributed by atoms with Crippen LogP contribution in [-0.4, -0.2) is 54.9 Å². The summed E-state index contributed by atoms with van der Waals surface area (Å²) >= 11 is 0. The molecule has 0 atom stereocenters. The summed E-state index contributed by atoms with van der Waals surface area (Å²) in [4.78, 5) is 32.1. The summed E-state index contributed by atoms with van der Waals surface area (Å²) in [5.74, 6) is -0.517. The molecule has 0 aliphatic carbocycles. The van der Waals surface area contributed by atoms with Crippen molar-refractivity contribution in [2.45, 2.75) is 18.7 Å². The Balaban J connectivity index is 1.79. The Hall–Kier alpha value is -3.08. The number of carbonyl (C=O) groups excluding carboxylic acids is 1. The lowest BCUT2D eigenvalue weighted by atomic mass is 10.1. The molecule has 3 heterocycles. The van der Waals surface area contributed by atoms with Gasteiger partial charge < -0.3 is 15.0 Å². The second-order valence-corrected chi connectivity index (χ2v) is 9.25. The van der Waals surface area contributed by atoms with Gasteiger partial charge in [-0.3, -0.25) is 14.6 Å². The highest BCUT2D eigenvalue weighted by Crippen LogP contribution is 2.25. The van der Waals surface area contributed by atoms with Gasteiger partial charge in [0.25, 0.3) is 5.91 Å². The number of amides is 1. The van der Waals surface area contributed by atoms with Crippen molar-refractivity contribution in [2.24, 2.45) is 0 Å². The van der Waals surface area contributed by atoms with Gasteiger partial charge in [0.2, 0.25) is 15.6 Å². The molecule has 10 heteroatoms. The van der Waals surface area contributed by atoms with Gasteiger partial charge in [-0.1, -0.05) is 0 Å². The summed E-state index contributed by atoms with van der Waals surface area (Å²) in [5.41, 5.74) is 2.02. The van der Waals surface area contributed by atoms with Crippen LogP contribution in [0.3, 0.4) is 0 Å². The number of hydrogen-bond donors (Lipinski definition) is 2. The number of carbonyl (C=O) groups is 1. The average Bonchev–Trinajstić information content (AvgIpc) is 2.76. The lowest BCUT2D eigenvalue weighted by Gasteiger charge is -2.26. The van der Waals surface area contributed by atoms with Crippen LogP contribution in [0, 0.1) is 13.8 Å². The summed E-state index contributed by atoms with van der Waals surface area (Å²) in [7, 11) is -3.76. The molecule has 0 bridgehead atoms. The number of aromatic nitrogens is 2. The van der Waals surface area contributed by atoms with Crippen LogP contribution in [-0.2, 0) is 14.8 Å². The van der Waals surface area contributed by atoms with E-state index < -0.39 is 21.5 Å². The molecule has 162 valence electrons. The largest absolute Gasteiger partial charge is 0.379 e. The highest BCUT2D eigenvalue weighted by Gasteiger charge is 2.27. The maximum Gasteiger partial charge on any atom is 0.256 e. The van der Waals surface area contributed by atoms with Gasteiger partial charge in [0.1, 0.15) is 0 Å². The predicted molar refractivity (Wildman–Crippen MR) is 116 cm³/mol. The molecule has 0 spiro atoms. The minimum absolute atomic E-state index is 0.0525. The number of ether oxygens (including phenoxy) is 1. The van der Waals surface area contributed by atoms with Crippen LogP contribution >= 0.6 is 0 Å². The fourth-order valence-corrected chi connectivity index (χ4v) is 5.02. The Kier molecular flexibility index (Phi) is 5.61. The molecule has 1 saturated heterocycles. The van der Waals surface area contributed by atoms with Crippen LogP contribution in [0.4, 0.5) is 5.69 Å². The van der Waals surface area contributed by atoms with E-state index in [1.54, 1.807) is 19.2 Å². The van der Waals surface area contributed by atoms with E-state index in [0.29, 0.717) is 35.5 Å². The Morgan fingerprint density at radius 2 is 1.90 bits per heavy atom. The van der Waals surface area contributed by atoms with Crippen molar-refractivity contribution in [2.75, 3.05) is 31.6 Å². The van der Waals surface area contributed by atoms with Crippen LogP contribution in [0.2, 0.25) is 0 Å². The Bertz CT molecular complexity index is 1310. The predicted octanol–water partition coefficient (Wildman–Crippen LogP) is 1.81. The van der Waals surface area contributed by atoms with Crippen molar-refractivity contribution >= 4 is 32.5 Å². The zero-order valence-corrected chi connectivity index (χ0v) is 18.0. The smallest absolute Gasteiger partial charge is 0.256 e. The van der Waals surface area contributed by atoms with E-state index in [0.717, 1.165) is 5.56 Å². The number of fused-ring (bicyclic) bond motifs is 1. The highest BCUT2D eigenvalue weighted by molar-refractivity contribution is 7.89. The minimum atomic E-state index is -3.76. The minimum Gasteiger partial charge on any atom is -0.379 e. The number of sulfonamides is 1. The number of anilines is 1. The van der Waals surface area contributed by atoms with Gasteiger partial charge in [0, 0.05) is 36.3 Å². The third-order valence-electron chi connectivity index (χ3n) is 5.25. The summed E-state index contributed by atoms with van der Waals surface area (Å²) < 4.78 is 32.7. The summed E-state index contributed by atoms with van der Waals surface area (Å²) in [6.07, 6.45) is 1.64. The molecular formula is C21H22N4O5S. The normalized spacial score (nSPS) is 15.2. The average molecular weight is 442 g/mol. The first-order valence-electron chi connectivity index (χ1n) is 9.76.